The first-order chi connectivity index (χ1) is 47.6. The minimum Gasteiger partial charge on any atom is -0.347 e. The molecule has 2 heterocycles. The summed E-state index contributed by atoms with van der Waals surface area (Å²) in [6.45, 7) is 4.72. The Morgan fingerprint density at radius 2 is 1.24 bits per heavy atom. The molecule has 1 saturated heterocycles. The van der Waals surface area contributed by atoms with Crippen LogP contribution in [-0.4, -0.2) is 277 Å². The van der Waals surface area contributed by atoms with Gasteiger partial charge >= 0.3 is 12.4 Å². The summed E-state index contributed by atoms with van der Waals surface area (Å²) in [5.74, 6) is -16.8. The van der Waals surface area contributed by atoms with Crippen LogP contribution in [0.25, 0.3) is 0 Å². The molecular formula is C70H108F8N12O12. The Morgan fingerprint density at radius 1 is 0.637 bits per heavy atom. The number of carbonyl (C=O) groups excluding carboxylic acids is 12. The van der Waals surface area contributed by atoms with E-state index in [0.29, 0.717) is 38.5 Å². The zero-order valence-electron chi connectivity index (χ0n) is 61.3. The molecule has 1 spiro atoms. The highest BCUT2D eigenvalue weighted by atomic mass is 19.4. The summed E-state index contributed by atoms with van der Waals surface area (Å²) >= 11 is 0. The van der Waals surface area contributed by atoms with E-state index in [9.17, 15) is 64.7 Å². The van der Waals surface area contributed by atoms with Gasteiger partial charge in [-0.15, -0.1) is 0 Å². The van der Waals surface area contributed by atoms with Crippen LogP contribution in [0, 0.1) is 35.5 Å². The lowest BCUT2D eigenvalue weighted by molar-refractivity contribution is -0.219. The first kappa shape index (κ1) is 83.8. The molecule has 0 aromatic carbocycles. The van der Waals surface area contributed by atoms with Crippen molar-refractivity contribution in [3.63, 3.8) is 0 Å². The third kappa shape index (κ3) is 20.0. The van der Waals surface area contributed by atoms with Crippen molar-refractivity contribution in [1.82, 2.24) is 60.0 Å². The molecule has 576 valence electrons. The number of carbonyl (C=O) groups is 12. The van der Waals surface area contributed by atoms with E-state index in [-0.39, 0.29) is 77.2 Å². The molecule has 6 rings (SSSR count). The summed E-state index contributed by atoms with van der Waals surface area (Å²) < 4.78 is 114. The Morgan fingerprint density at radius 3 is 1.77 bits per heavy atom. The number of nitrogens with zero attached hydrogens (tertiary/aromatic N) is 9. The average Bonchev–Trinajstić information content (AvgIpc) is 0.982. The number of alkyl halides is 8. The lowest BCUT2D eigenvalue weighted by Gasteiger charge is -2.46. The quantitative estimate of drug-likeness (QED) is 0.179. The second-order valence-electron chi connectivity index (χ2n) is 29.7. The number of halogens is 8. The van der Waals surface area contributed by atoms with E-state index in [4.69, 9.17) is 0 Å². The number of likely N-dealkylation sites (N-methyl/N-ethyl adjacent to an activating group) is 8. The predicted octanol–water partition coefficient (Wildman–Crippen LogP) is 5.56. The third-order valence-corrected chi connectivity index (χ3v) is 22.7. The number of nitrogens with one attached hydrogen (secondary N) is 3. The standard InChI is InChI=1S/C70H108F8N12O12/c1-14-40(3)57-65(100)84(8)39-55(93)87(11)50-24-17-16-20-33-90(64(50)99)52(36-42-25-28-45(29-26-42)69(73,74)75)63(98)83(7)38-53(91)79-48(30-27-43-34-46(71)56(47(72)35-43)70(76,77)78)61(96)85(9)41(4)59(94)81-68(31-21-32-68)67(102)89(13)58(44-22-18-19-23-44)66(101)88(12)51(62(97)82(5)6)37-54(92)86(10)49(15-2)60(95)80-57/h16-17,40-52,56-58H,14-15,18-39H2,1-13H3,(H,79,91)(H,80,95)(H,81,94)/b17-16-/t40-,41-,42?,43?,45?,46?,47?,48-,49-,50-,51-,52-,56?,57-,58-/m0/s1. The van der Waals surface area contributed by atoms with Crippen LogP contribution >= 0.6 is 0 Å². The summed E-state index contributed by atoms with van der Waals surface area (Å²) in [6.07, 6.45) is -12.1. The highest BCUT2D eigenvalue weighted by molar-refractivity contribution is 6.01. The Labute approximate surface area is 593 Å². The van der Waals surface area contributed by atoms with E-state index >= 15 is 28.0 Å². The average molecular weight is 1460 g/mol. The molecule has 32 heteroatoms. The summed E-state index contributed by atoms with van der Waals surface area (Å²) in [6, 6.07) is -11.3. The number of hydrogen-bond donors (Lipinski definition) is 3. The number of amides is 12. The Balaban J connectivity index is 1.43. The normalized spacial score (nSPS) is 31.8. The zero-order valence-corrected chi connectivity index (χ0v) is 61.3. The molecule has 2 bridgehead atoms. The molecule has 11 atom stereocenters. The third-order valence-electron chi connectivity index (χ3n) is 22.7. The smallest absolute Gasteiger partial charge is 0.347 e. The Kier molecular flexibility index (Phi) is 29.2. The van der Waals surface area contributed by atoms with Crippen LogP contribution in [0.1, 0.15) is 163 Å². The fraction of sp³-hybridized carbons (Fsp3) is 0.800. The zero-order chi connectivity index (χ0) is 76.4. The van der Waals surface area contributed by atoms with Gasteiger partial charge in [-0.25, -0.2) is 8.78 Å². The molecule has 6 aliphatic rings. The van der Waals surface area contributed by atoms with Crippen molar-refractivity contribution in [3.8, 4) is 0 Å². The largest absolute Gasteiger partial charge is 0.397 e. The number of hydrogen-bond acceptors (Lipinski definition) is 12. The molecule has 3 N–H and O–H groups in total. The van der Waals surface area contributed by atoms with Crippen molar-refractivity contribution in [2.75, 3.05) is 83.1 Å². The van der Waals surface area contributed by atoms with Crippen molar-refractivity contribution in [2.24, 2.45) is 35.5 Å². The lowest BCUT2D eigenvalue weighted by atomic mass is 9.74. The van der Waals surface area contributed by atoms with Gasteiger partial charge in [-0.05, 0) is 140 Å². The molecule has 0 aromatic rings. The SMILES string of the molecule is CC[C@H](C)[C@@H]1NC(=O)[C@H](CC)N(C)C(=O)C[C@@H](C(=O)N(C)C)N(C)C(=O)[C@H](C2CCCC2)N(C)C(=O)C2(CCC2)NC(=O)[C@H](C)N(C)C(=O)[C@H](CCC2CC(F)C(C(F)(F)F)C(F)C2)NC(=O)CN(C)C(=O)[C@H](CC2CCC(C(F)(F)F)CC2)N2CC/C=C\C[C@@H](C2=O)N(C)C(=O)CN(C)C1=O. The van der Waals surface area contributed by atoms with Crippen LogP contribution in [0.15, 0.2) is 12.2 Å². The second kappa shape index (κ2) is 35.5. The molecule has 2 aliphatic heterocycles. The van der Waals surface area contributed by atoms with Crippen molar-refractivity contribution < 1.29 is 92.7 Å². The van der Waals surface area contributed by atoms with Crippen molar-refractivity contribution in [1.29, 1.82) is 0 Å². The van der Waals surface area contributed by atoms with Crippen molar-refractivity contribution in [2.45, 2.75) is 241 Å². The molecule has 0 aromatic heterocycles. The molecule has 0 radical (unpaired) electrons. The number of fused-ring (bicyclic) bond motifs is 2. The monoisotopic (exact) mass is 1460 g/mol. The first-order valence-electron chi connectivity index (χ1n) is 35.9. The molecule has 5 fully saturated rings. The van der Waals surface area contributed by atoms with Gasteiger partial charge in [0.25, 0.3) is 0 Å². The van der Waals surface area contributed by atoms with Crippen LogP contribution in [0.4, 0.5) is 35.1 Å². The Bertz CT molecular complexity index is 3040. The summed E-state index contributed by atoms with van der Waals surface area (Å²) in [5.41, 5.74) is -1.66. The van der Waals surface area contributed by atoms with Crippen LogP contribution < -0.4 is 16.0 Å². The molecule has 24 nitrogen and oxygen atoms in total. The topological polar surface area (TPSA) is 270 Å². The summed E-state index contributed by atoms with van der Waals surface area (Å²) in [4.78, 5) is 187. The van der Waals surface area contributed by atoms with Gasteiger partial charge in [0, 0.05) is 70.0 Å². The van der Waals surface area contributed by atoms with Crippen LogP contribution in [0.3, 0.4) is 0 Å². The first-order valence-corrected chi connectivity index (χ1v) is 35.9. The van der Waals surface area contributed by atoms with Gasteiger partial charge in [0.1, 0.15) is 72.1 Å². The molecule has 4 saturated carbocycles. The van der Waals surface area contributed by atoms with Gasteiger partial charge in [-0.2, -0.15) is 26.3 Å². The van der Waals surface area contributed by atoms with Crippen LogP contribution in [-0.2, 0) is 57.5 Å². The predicted molar refractivity (Wildman–Crippen MR) is 359 cm³/mol. The maximum atomic E-state index is 15.3. The van der Waals surface area contributed by atoms with E-state index in [1.165, 1.54) is 85.1 Å². The van der Waals surface area contributed by atoms with Crippen molar-refractivity contribution in [3.05, 3.63) is 12.2 Å². The fourth-order valence-electron chi connectivity index (χ4n) is 15.5. The van der Waals surface area contributed by atoms with E-state index in [1.54, 1.807) is 32.9 Å². The van der Waals surface area contributed by atoms with Crippen LogP contribution in [0.5, 0.6) is 0 Å². The van der Waals surface area contributed by atoms with Gasteiger partial charge in [0.2, 0.25) is 70.9 Å². The second-order valence-corrected chi connectivity index (χ2v) is 29.7. The summed E-state index contributed by atoms with van der Waals surface area (Å²) in [7, 11) is 11.9. The highest BCUT2D eigenvalue weighted by Gasteiger charge is 2.55. The molecular weight excluding hydrogens is 1350 g/mol. The van der Waals surface area contributed by atoms with E-state index in [2.05, 4.69) is 16.0 Å². The van der Waals surface area contributed by atoms with Crippen LogP contribution in [0.2, 0.25) is 0 Å². The molecule has 4 aliphatic carbocycles. The minimum atomic E-state index is -5.21. The van der Waals surface area contributed by atoms with Crippen molar-refractivity contribution >= 4 is 70.9 Å². The summed E-state index contributed by atoms with van der Waals surface area (Å²) in [5, 5.41) is 8.16. The van der Waals surface area contributed by atoms with Gasteiger partial charge in [-0.1, -0.05) is 52.2 Å². The maximum Gasteiger partial charge on any atom is 0.397 e. The van der Waals surface area contributed by atoms with Gasteiger partial charge in [0.05, 0.1) is 25.4 Å². The molecule has 12 amide bonds. The lowest BCUT2D eigenvalue weighted by Crippen LogP contribution is -2.68. The highest BCUT2D eigenvalue weighted by Crippen LogP contribution is 2.45. The van der Waals surface area contributed by atoms with E-state index in [1.807, 2.05) is 0 Å². The molecule has 102 heavy (non-hydrogen) atoms. The fourth-order valence-corrected chi connectivity index (χ4v) is 15.5. The van der Waals surface area contributed by atoms with Gasteiger partial charge in [-0.3, -0.25) is 57.5 Å². The minimum absolute atomic E-state index is 0.000102. The van der Waals surface area contributed by atoms with Gasteiger partial charge < -0.3 is 60.0 Å². The van der Waals surface area contributed by atoms with E-state index < -0.39 is 224 Å². The van der Waals surface area contributed by atoms with Gasteiger partial charge in [0.15, 0.2) is 0 Å². The molecule has 2 unspecified atom stereocenters. The number of rotatable bonds is 10. The van der Waals surface area contributed by atoms with E-state index in [0.717, 1.165) is 29.4 Å². The Hall–Kier alpha value is -7.18. The maximum absolute atomic E-state index is 15.3.